The second-order valence-corrected chi connectivity index (χ2v) is 9.14. The fourth-order valence-corrected chi connectivity index (χ4v) is 5.90. The predicted molar refractivity (Wildman–Crippen MR) is 107 cm³/mol. The molecule has 9 heteroatoms. The molecular formula is C20H37N5O4. The van der Waals surface area contributed by atoms with Crippen LogP contribution in [0.2, 0.25) is 0 Å². The number of nitrogens with zero attached hydrogens (tertiary/aromatic N) is 1. The van der Waals surface area contributed by atoms with Crippen molar-refractivity contribution in [1.29, 1.82) is 0 Å². The van der Waals surface area contributed by atoms with Crippen LogP contribution in [0.15, 0.2) is 0 Å². The first-order valence-electron chi connectivity index (χ1n) is 11.2. The van der Waals surface area contributed by atoms with Crippen LogP contribution in [0.5, 0.6) is 0 Å². The minimum Gasteiger partial charge on any atom is -0.395 e. The summed E-state index contributed by atoms with van der Waals surface area (Å²) in [7, 11) is 1.68. The highest BCUT2D eigenvalue weighted by atomic mass is 16.7. The molecule has 0 aromatic carbocycles. The monoisotopic (exact) mass is 411 g/mol. The first-order valence-corrected chi connectivity index (χ1v) is 11.2. The van der Waals surface area contributed by atoms with Gasteiger partial charge in [-0.1, -0.05) is 0 Å². The van der Waals surface area contributed by atoms with Gasteiger partial charge in [0.15, 0.2) is 6.23 Å². The van der Waals surface area contributed by atoms with Crippen LogP contribution in [-0.4, -0.2) is 73.9 Å². The summed E-state index contributed by atoms with van der Waals surface area (Å²) in [5, 5.41) is 18.0. The van der Waals surface area contributed by atoms with Crippen molar-refractivity contribution in [3.63, 3.8) is 0 Å². The number of hydrazine groups is 1. The van der Waals surface area contributed by atoms with Gasteiger partial charge >= 0.3 is 0 Å². The van der Waals surface area contributed by atoms with Crippen LogP contribution in [0.25, 0.3) is 0 Å². The van der Waals surface area contributed by atoms with Gasteiger partial charge in [-0.25, -0.2) is 5.01 Å². The van der Waals surface area contributed by atoms with Gasteiger partial charge in [-0.05, 0) is 56.8 Å². The Kier molecular flexibility index (Phi) is 7.06. The maximum absolute atomic E-state index is 12.9. The molecule has 2 saturated heterocycles. The molecule has 0 aromatic heterocycles. The molecule has 166 valence electrons. The number of rotatable bonds is 7. The van der Waals surface area contributed by atoms with Gasteiger partial charge in [0.1, 0.15) is 0 Å². The Morgan fingerprint density at radius 2 is 2.10 bits per heavy atom. The third-order valence-electron chi connectivity index (χ3n) is 7.53. The second kappa shape index (κ2) is 9.55. The van der Waals surface area contributed by atoms with E-state index in [4.69, 9.17) is 14.7 Å². The molecule has 0 radical (unpaired) electrons. The first-order chi connectivity index (χ1) is 14.1. The van der Waals surface area contributed by atoms with Gasteiger partial charge in [-0.3, -0.25) is 20.4 Å². The Bertz CT molecular complexity index is 567. The highest BCUT2D eigenvalue weighted by molar-refractivity contribution is 5.80. The van der Waals surface area contributed by atoms with Crippen LogP contribution in [0.1, 0.15) is 39.0 Å². The summed E-state index contributed by atoms with van der Waals surface area (Å²) in [4.78, 5) is 18.5. The average molecular weight is 412 g/mol. The van der Waals surface area contributed by atoms with Crippen LogP contribution in [0.3, 0.4) is 0 Å². The third-order valence-corrected chi connectivity index (χ3v) is 7.53. The average Bonchev–Trinajstić information content (AvgIpc) is 3.42. The standard InChI is InChI=1S/C20H37N5O4/c1-12-16(10-21-25(12)7-8-26)20(27)22-17-6-4-13-9-14(3-5-15(13)17)19-23-18(11-28-2)29-24-19/h12-19,21,23-24,26H,3-11H2,1-2H3,(H,22,27)/t12?,13?,14?,15?,16?,17-,18?,19?/m1/s1. The molecule has 9 nitrogen and oxygen atoms in total. The number of hydroxylamine groups is 1. The lowest BCUT2D eigenvalue weighted by Gasteiger charge is -2.37. The zero-order chi connectivity index (χ0) is 20.4. The van der Waals surface area contributed by atoms with E-state index >= 15 is 0 Å². The summed E-state index contributed by atoms with van der Waals surface area (Å²) in [6, 6.07) is 0.407. The van der Waals surface area contributed by atoms with Crippen LogP contribution in [-0.2, 0) is 14.4 Å². The largest absolute Gasteiger partial charge is 0.395 e. The number of β-amino-alcohol motifs (C(OH)–C–C–N with tert-alkyl or cyclic N) is 1. The van der Waals surface area contributed by atoms with E-state index in [1.165, 1.54) is 12.8 Å². The molecule has 8 atom stereocenters. The quantitative estimate of drug-likeness (QED) is 0.383. The van der Waals surface area contributed by atoms with Crippen LogP contribution < -0.4 is 21.5 Å². The second-order valence-electron chi connectivity index (χ2n) is 9.14. The molecule has 29 heavy (non-hydrogen) atoms. The number of methoxy groups -OCH3 is 1. The fourth-order valence-electron chi connectivity index (χ4n) is 5.90. The summed E-state index contributed by atoms with van der Waals surface area (Å²) in [6.45, 7) is 3.90. The van der Waals surface area contributed by atoms with Gasteiger partial charge in [0, 0.05) is 32.3 Å². The molecule has 4 fully saturated rings. The van der Waals surface area contributed by atoms with Crippen molar-refractivity contribution in [2.45, 2.75) is 63.5 Å². The van der Waals surface area contributed by atoms with E-state index in [9.17, 15) is 4.79 Å². The maximum atomic E-state index is 12.9. The van der Waals surface area contributed by atoms with Gasteiger partial charge in [-0.2, -0.15) is 5.48 Å². The van der Waals surface area contributed by atoms with Gasteiger partial charge in [-0.15, -0.1) is 0 Å². The topological polar surface area (TPSA) is 107 Å². The van der Waals surface area contributed by atoms with Crippen molar-refractivity contribution in [2.24, 2.45) is 23.7 Å². The number of carbonyl (C=O) groups is 1. The van der Waals surface area contributed by atoms with Crippen molar-refractivity contribution >= 4 is 5.91 Å². The SMILES string of the molecule is COCC1NC(C2CCC3C(CC[C@H]3NC(=O)C3CNN(CCO)C3C)C2)NO1. The van der Waals surface area contributed by atoms with E-state index in [1.807, 2.05) is 5.01 Å². The van der Waals surface area contributed by atoms with Gasteiger partial charge in [0.25, 0.3) is 0 Å². The predicted octanol–water partition coefficient (Wildman–Crippen LogP) is -0.462. The molecule has 5 N–H and O–H groups in total. The van der Waals surface area contributed by atoms with Crippen LogP contribution >= 0.6 is 0 Å². The number of aliphatic hydroxyl groups is 1. The number of amides is 1. The lowest BCUT2D eigenvalue weighted by Crippen LogP contribution is -2.48. The van der Waals surface area contributed by atoms with Crippen molar-refractivity contribution in [3.05, 3.63) is 0 Å². The van der Waals surface area contributed by atoms with Gasteiger partial charge in [0.2, 0.25) is 5.91 Å². The maximum Gasteiger partial charge on any atom is 0.226 e. The minimum absolute atomic E-state index is 0.0568. The van der Waals surface area contributed by atoms with Crippen molar-refractivity contribution < 1.29 is 19.5 Å². The minimum atomic E-state index is -0.0780. The van der Waals surface area contributed by atoms with E-state index in [2.05, 4.69) is 28.5 Å². The summed E-state index contributed by atoms with van der Waals surface area (Å²) in [6.07, 6.45) is 5.86. The smallest absolute Gasteiger partial charge is 0.226 e. The molecule has 2 heterocycles. The highest BCUT2D eigenvalue weighted by Gasteiger charge is 2.45. The fraction of sp³-hybridized carbons (Fsp3) is 0.950. The Labute approximate surface area is 173 Å². The number of aliphatic hydroxyl groups excluding tert-OH is 1. The molecule has 0 bridgehead atoms. The Morgan fingerprint density at radius 3 is 2.90 bits per heavy atom. The molecule has 7 unspecified atom stereocenters. The molecule has 1 amide bonds. The van der Waals surface area contributed by atoms with E-state index in [1.54, 1.807) is 7.11 Å². The first kappa shape index (κ1) is 21.4. The molecule has 0 spiro atoms. The van der Waals surface area contributed by atoms with E-state index in [0.717, 1.165) is 19.3 Å². The summed E-state index contributed by atoms with van der Waals surface area (Å²) >= 11 is 0. The Hall–Kier alpha value is -0.810. The molecule has 2 saturated carbocycles. The number of ether oxygens (including phenoxy) is 1. The van der Waals surface area contributed by atoms with Crippen LogP contribution in [0.4, 0.5) is 0 Å². The normalized spacial score (nSPS) is 42.9. The van der Waals surface area contributed by atoms with Gasteiger partial charge in [0.05, 0.1) is 25.3 Å². The number of hydrogen-bond donors (Lipinski definition) is 5. The van der Waals surface area contributed by atoms with Gasteiger partial charge < -0.3 is 15.2 Å². The number of fused-ring (bicyclic) bond motifs is 1. The van der Waals surface area contributed by atoms with Crippen molar-refractivity contribution in [3.8, 4) is 0 Å². The Balaban J connectivity index is 1.26. The molecule has 0 aromatic rings. The molecule has 4 rings (SSSR count). The number of hydrogen-bond acceptors (Lipinski definition) is 8. The van der Waals surface area contributed by atoms with E-state index in [0.29, 0.717) is 43.5 Å². The summed E-state index contributed by atoms with van der Waals surface area (Å²) in [5.74, 6) is 1.92. The zero-order valence-corrected chi connectivity index (χ0v) is 17.6. The van der Waals surface area contributed by atoms with E-state index in [-0.39, 0.29) is 36.9 Å². The summed E-state index contributed by atoms with van der Waals surface area (Å²) < 4.78 is 5.16. The van der Waals surface area contributed by atoms with E-state index < -0.39 is 0 Å². The Morgan fingerprint density at radius 1 is 1.28 bits per heavy atom. The lowest BCUT2D eigenvalue weighted by atomic mass is 9.73. The molecule has 2 aliphatic carbocycles. The lowest BCUT2D eigenvalue weighted by molar-refractivity contribution is -0.126. The molecule has 2 aliphatic heterocycles. The molecule has 4 aliphatic rings. The number of nitrogens with one attached hydrogen (secondary N) is 4. The third kappa shape index (κ3) is 4.61. The zero-order valence-electron chi connectivity index (χ0n) is 17.6. The van der Waals surface area contributed by atoms with Crippen molar-refractivity contribution in [1.82, 2.24) is 26.5 Å². The summed E-state index contributed by atoms with van der Waals surface area (Å²) in [5.41, 5.74) is 6.40. The van der Waals surface area contributed by atoms with Crippen molar-refractivity contribution in [2.75, 3.05) is 33.4 Å². The van der Waals surface area contributed by atoms with Crippen LogP contribution in [0, 0.1) is 23.7 Å². The molecular weight excluding hydrogens is 374 g/mol. The number of carbonyl (C=O) groups excluding carboxylic acids is 1. The highest BCUT2D eigenvalue weighted by Crippen LogP contribution is 2.45.